The summed E-state index contributed by atoms with van der Waals surface area (Å²) in [6, 6.07) is 6.14. The molecule has 2 fully saturated rings. The van der Waals surface area contributed by atoms with Gasteiger partial charge in [-0.25, -0.2) is 5.01 Å². The van der Waals surface area contributed by atoms with Crippen LogP contribution in [0.3, 0.4) is 0 Å². The number of ether oxygens (including phenoxy) is 2. The summed E-state index contributed by atoms with van der Waals surface area (Å²) < 4.78 is 11.1. The number of rotatable bonds is 3. The number of fused-ring (bicyclic) bond motifs is 1. The van der Waals surface area contributed by atoms with Gasteiger partial charge in [-0.1, -0.05) is 6.42 Å². The molecule has 3 aliphatic heterocycles. The molecule has 4 rings (SSSR count). The van der Waals surface area contributed by atoms with Gasteiger partial charge in [0.05, 0.1) is 5.92 Å². The van der Waals surface area contributed by atoms with E-state index in [0.717, 1.165) is 18.5 Å². The number of nitrogens with one attached hydrogen (secondary N) is 1. The van der Waals surface area contributed by atoms with E-state index >= 15 is 0 Å². The lowest BCUT2D eigenvalue weighted by molar-refractivity contribution is -0.133. The minimum Gasteiger partial charge on any atom is -0.486 e. The van der Waals surface area contributed by atoms with Gasteiger partial charge >= 0.3 is 0 Å². The topological polar surface area (TPSA) is 71.1 Å². The Kier molecular flexibility index (Phi) is 4.95. The fraction of sp³-hybridized carbons (Fsp3) is 0.600. The van der Waals surface area contributed by atoms with Gasteiger partial charge in [-0.2, -0.15) is 0 Å². The Morgan fingerprint density at radius 2 is 1.81 bits per heavy atom. The van der Waals surface area contributed by atoms with Crippen molar-refractivity contribution < 1.29 is 19.1 Å². The molecule has 3 heterocycles. The minimum atomic E-state index is -0.341. The predicted molar refractivity (Wildman–Crippen MR) is 101 cm³/mol. The summed E-state index contributed by atoms with van der Waals surface area (Å²) in [5.41, 5.74) is 3.82. The molecule has 3 atom stereocenters. The summed E-state index contributed by atoms with van der Waals surface area (Å²) in [5, 5.41) is 2.06. The lowest BCUT2D eigenvalue weighted by Gasteiger charge is -2.39. The lowest BCUT2D eigenvalue weighted by atomic mass is 9.99. The highest BCUT2D eigenvalue weighted by Gasteiger charge is 2.37. The quantitative estimate of drug-likeness (QED) is 0.879. The third-order valence-electron chi connectivity index (χ3n) is 5.77. The van der Waals surface area contributed by atoms with Crippen LogP contribution in [0.1, 0.15) is 39.5 Å². The molecule has 7 heteroatoms. The molecule has 1 aromatic rings. The average Bonchev–Trinajstić information content (AvgIpc) is 3.06. The van der Waals surface area contributed by atoms with Gasteiger partial charge < -0.3 is 14.4 Å². The molecule has 0 aromatic heterocycles. The second kappa shape index (κ2) is 7.38. The Bertz CT molecular complexity index is 728. The smallest absolute Gasteiger partial charge is 0.239 e. The number of hydrogen-bond donors (Lipinski definition) is 1. The average molecular weight is 373 g/mol. The van der Waals surface area contributed by atoms with E-state index in [1.54, 1.807) is 4.90 Å². The van der Waals surface area contributed by atoms with Crippen molar-refractivity contribution >= 4 is 17.5 Å². The van der Waals surface area contributed by atoms with Gasteiger partial charge in [0.25, 0.3) is 0 Å². The molecule has 1 aromatic carbocycles. The first-order valence-corrected chi connectivity index (χ1v) is 9.82. The van der Waals surface area contributed by atoms with E-state index < -0.39 is 0 Å². The normalized spacial score (nSPS) is 28.3. The maximum Gasteiger partial charge on any atom is 0.239 e. The van der Waals surface area contributed by atoms with Crippen molar-refractivity contribution in [3.8, 4) is 11.5 Å². The standard InChI is InChI=1S/C20H27N3O4/c1-13-4-3-5-14(2)23(13)21-20(25)15-10-19(24)22(12-15)16-6-7-17-18(11-16)27-9-8-26-17/h6-7,11,13-15H,3-5,8-10,12H2,1-2H3,(H,21,25). The number of piperidine rings is 1. The molecule has 1 N–H and O–H groups in total. The molecule has 0 bridgehead atoms. The van der Waals surface area contributed by atoms with Crippen LogP contribution in [-0.2, 0) is 9.59 Å². The molecule has 2 saturated heterocycles. The number of anilines is 1. The summed E-state index contributed by atoms with van der Waals surface area (Å²) >= 11 is 0. The van der Waals surface area contributed by atoms with Crippen LogP contribution in [0.4, 0.5) is 5.69 Å². The second-order valence-electron chi connectivity index (χ2n) is 7.75. The van der Waals surface area contributed by atoms with Gasteiger partial charge in [0.15, 0.2) is 11.5 Å². The zero-order valence-corrected chi connectivity index (χ0v) is 15.9. The molecule has 7 nitrogen and oxygen atoms in total. The Balaban J connectivity index is 1.43. The van der Waals surface area contributed by atoms with Crippen LogP contribution in [0.25, 0.3) is 0 Å². The fourth-order valence-corrected chi connectivity index (χ4v) is 4.19. The second-order valence-corrected chi connectivity index (χ2v) is 7.75. The highest BCUT2D eigenvalue weighted by atomic mass is 16.6. The van der Waals surface area contributed by atoms with E-state index in [2.05, 4.69) is 24.3 Å². The van der Waals surface area contributed by atoms with Gasteiger partial charge in [0.1, 0.15) is 13.2 Å². The zero-order valence-electron chi connectivity index (χ0n) is 15.9. The first-order chi connectivity index (χ1) is 13.0. The van der Waals surface area contributed by atoms with Crippen LogP contribution < -0.4 is 19.8 Å². The summed E-state index contributed by atoms with van der Waals surface area (Å²) in [6.07, 6.45) is 3.58. The van der Waals surface area contributed by atoms with Crippen molar-refractivity contribution in [3.05, 3.63) is 18.2 Å². The molecular formula is C20H27N3O4. The van der Waals surface area contributed by atoms with Crippen molar-refractivity contribution in [3.63, 3.8) is 0 Å². The van der Waals surface area contributed by atoms with Crippen LogP contribution in [-0.4, -0.2) is 48.7 Å². The molecule has 0 radical (unpaired) electrons. The third kappa shape index (κ3) is 3.60. The van der Waals surface area contributed by atoms with Crippen LogP contribution in [0.2, 0.25) is 0 Å². The number of amides is 2. The number of nitrogens with zero attached hydrogens (tertiary/aromatic N) is 2. The first-order valence-electron chi connectivity index (χ1n) is 9.82. The summed E-state index contributed by atoms with van der Waals surface area (Å²) in [7, 11) is 0. The van der Waals surface area contributed by atoms with Crippen LogP contribution in [0, 0.1) is 5.92 Å². The fourth-order valence-electron chi connectivity index (χ4n) is 4.19. The number of benzene rings is 1. The van der Waals surface area contributed by atoms with Gasteiger partial charge in [-0.15, -0.1) is 0 Å². The minimum absolute atomic E-state index is 0.0356. The highest BCUT2D eigenvalue weighted by molar-refractivity contribution is 6.00. The van der Waals surface area contributed by atoms with Gasteiger partial charge in [-0.3, -0.25) is 15.0 Å². The van der Waals surface area contributed by atoms with E-state index in [4.69, 9.17) is 9.47 Å². The molecule has 27 heavy (non-hydrogen) atoms. The lowest BCUT2D eigenvalue weighted by Crippen LogP contribution is -2.55. The predicted octanol–water partition coefficient (Wildman–Crippen LogP) is 2.10. The van der Waals surface area contributed by atoms with Crippen molar-refractivity contribution in [1.82, 2.24) is 10.4 Å². The van der Waals surface area contributed by atoms with Crippen molar-refractivity contribution in [2.24, 2.45) is 5.92 Å². The molecule has 0 spiro atoms. The van der Waals surface area contributed by atoms with Crippen LogP contribution >= 0.6 is 0 Å². The highest BCUT2D eigenvalue weighted by Crippen LogP contribution is 2.36. The van der Waals surface area contributed by atoms with Crippen molar-refractivity contribution in [2.75, 3.05) is 24.7 Å². The number of carbonyl (C=O) groups excluding carboxylic acids is 2. The Morgan fingerprint density at radius 3 is 2.56 bits per heavy atom. The molecule has 3 aliphatic rings. The third-order valence-corrected chi connectivity index (χ3v) is 5.77. The molecule has 2 amide bonds. The summed E-state index contributed by atoms with van der Waals surface area (Å²) in [4.78, 5) is 27.0. The van der Waals surface area contributed by atoms with Gasteiger partial charge in [0, 0.05) is 36.8 Å². The van der Waals surface area contributed by atoms with E-state index in [1.807, 2.05) is 18.2 Å². The monoisotopic (exact) mass is 373 g/mol. The Hall–Kier alpha value is -2.28. The molecular weight excluding hydrogens is 346 g/mol. The number of hydrazine groups is 1. The van der Waals surface area contributed by atoms with Crippen LogP contribution in [0.15, 0.2) is 18.2 Å². The van der Waals surface area contributed by atoms with E-state index in [-0.39, 0.29) is 24.2 Å². The molecule has 3 unspecified atom stereocenters. The van der Waals surface area contributed by atoms with Crippen molar-refractivity contribution in [1.29, 1.82) is 0 Å². The summed E-state index contributed by atoms with van der Waals surface area (Å²) in [5.74, 6) is 0.900. The Labute approximate surface area is 159 Å². The largest absolute Gasteiger partial charge is 0.486 e. The van der Waals surface area contributed by atoms with Gasteiger partial charge in [-0.05, 0) is 38.8 Å². The molecule has 0 aliphatic carbocycles. The van der Waals surface area contributed by atoms with E-state index in [1.165, 1.54) is 6.42 Å². The van der Waals surface area contributed by atoms with E-state index in [0.29, 0.717) is 43.3 Å². The molecule has 146 valence electrons. The van der Waals surface area contributed by atoms with Gasteiger partial charge in [0.2, 0.25) is 11.8 Å². The SMILES string of the molecule is CC1CCCC(C)N1NC(=O)C1CC(=O)N(c2ccc3c(c2)OCCO3)C1. The Morgan fingerprint density at radius 1 is 1.11 bits per heavy atom. The maximum absolute atomic E-state index is 12.8. The van der Waals surface area contributed by atoms with Crippen LogP contribution in [0.5, 0.6) is 11.5 Å². The number of carbonyl (C=O) groups is 2. The molecule has 0 saturated carbocycles. The first kappa shape index (κ1) is 18.1. The zero-order chi connectivity index (χ0) is 19.0. The van der Waals surface area contributed by atoms with E-state index in [9.17, 15) is 9.59 Å². The summed E-state index contributed by atoms with van der Waals surface area (Å²) in [6.45, 7) is 5.70. The van der Waals surface area contributed by atoms with Crippen molar-refractivity contribution in [2.45, 2.75) is 51.6 Å². The maximum atomic E-state index is 12.8. The number of hydrogen-bond acceptors (Lipinski definition) is 5.